The van der Waals surface area contributed by atoms with Crippen LogP contribution in [-0.4, -0.2) is 59.3 Å². The summed E-state index contributed by atoms with van der Waals surface area (Å²) in [6, 6.07) is -0.109. The van der Waals surface area contributed by atoms with Gasteiger partial charge in [-0.1, -0.05) is 5.21 Å². The van der Waals surface area contributed by atoms with E-state index in [0.717, 1.165) is 44.0 Å². The number of hydrogen-bond acceptors (Lipinski definition) is 5. The summed E-state index contributed by atoms with van der Waals surface area (Å²) >= 11 is 0. The van der Waals surface area contributed by atoms with Gasteiger partial charge in [0.05, 0.1) is 12.3 Å². The molecule has 0 N–H and O–H groups in total. The van der Waals surface area contributed by atoms with Gasteiger partial charge < -0.3 is 14.4 Å². The van der Waals surface area contributed by atoms with Crippen molar-refractivity contribution in [3.8, 4) is 0 Å². The monoisotopic (exact) mass is 334 g/mol. The van der Waals surface area contributed by atoms with Gasteiger partial charge in [-0.3, -0.25) is 4.79 Å². The van der Waals surface area contributed by atoms with E-state index in [-0.39, 0.29) is 17.9 Å². The van der Waals surface area contributed by atoms with Crippen LogP contribution in [0.2, 0.25) is 0 Å². The highest BCUT2D eigenvalue weighted by Gasteiger charge is 2.38. The van der Waals surface area contributed by atoms with E-state index in [0.29, 0.717) is 19.8 Å². The average Bonchev–Trinajstić information content (AvgIpc) is 3.34. The molecule has 132 valence electrons. The molecule has 7 nitrogen and oxygen atoms in total. The molecule has 7 heteroatoms. The number of rotatable bonds is 5. The molecule has 2 aliphatic heterocycles. The van der Waals surface area contributed by atoms with E-state index in [1.807, 2.05) is 4.90 Å². The molecule has 0 bridgehead atoms. The second kappa shape index (κ2) is 6.80. The summed E-state index contributed by atoms with van der Waals surface area (Å²) in [5, 5.41) is 8.80. The summed E-state index contributed by atoms with van der Waals surface area (Å²) in [7, 11) is 1.68. The predicted octanol–water partition coefficient (Wildman–Crippen LogP) is 1.19. The van der Waals surface area contributed by atoms with Crippen molar-refractivity contribution < 1.29 is 14.3 Å². The minimum Gasteiger partial charge on any atom is -0.382 e. The van der Waals surface area contributed by atoms with Crippen LogP contribution in [0.3, 0.4) is 0 Å². The first-order valence-corrected chi connectivity index (χ1v) is 9.07. The summed E-state index contributed by atoms with van der Waals surface area (Å²) in [6.07, 6.45) is 5.06. The molecule has 1 aromatic heterocycles. The van der Waals surface area contributed by atoms with Gasteiger partial charge >= 0.3 is 0 Å². The smallest absolute Gasteiger partial charge is 0.226 e. The Bertz CT molecular complexity index is 593. The molecule has 3 heterocycles. The zero-order chi connectivity index (χ0) is 16.5. The maximum atomic E-state index is 13.0. The van der Waals surface area contributed by atoms with Crippen molar-refractivity contribution in [2.24, 2.45) is 11.8 Å². The Hall–Kier alpha value is -1.47. The molecule has 1 atom stereocenters. The molecule has 0 spiro atoms. The maximum absolute atomic E-state index is 13.0. The van der Waals surface area contributed by atoms with Gasteiger partial charge in [0.25, 0.3) is 0 Å². The van der Waals surface area contributed by atoms with Gasteiger partial charge in [-0.2, -0.15) is 0 Å². The Balaban J connectivity index is 1.55. The van der Waals surface area contributed by atoms with E-state index < -0.39 is 0 Å². The predicted molar refractivity (Wildman–Crippen MR) is 86.3 cm³/mol. The highest BCUT2D eigenvalue weighted by Crippen LogP contribution is 2.34. The molecule has 2 fully saturated rings. The Labute approximate surface area is 142 Å². The second-order valence-corrected chi connectivity index (χ2v) is 7.19. The Kier molecular flexibility index (Phi) is 4.54. The molecule has 0 aromatic carbocycles. The number of amides is 1. The van der Waals surface area contributed by atoms with E-state index in [2.05, 4.69) is 15.0 Å². The van der Waals surface area contributed by atoms with Crippen molar-refractivity contribution in [3.63, 3.8) is 0 Å². The highest BCUT2D eigenvalue weighted by molar-refractivity contribution is 5.79. The van der Waals surface area contributed by atoms with Gasteiger partial charge in [-0.25, -0.2) is 4.68 Å². The quantitative estimate of drug-likeness (QED) is 0.809. The second-order valence-electron chi connectivity index (χ2n) is 7.19. The van der Waals surface area contributed by atoms with E-state index in [1.165, 1.54) is 18.5 Å². The van der Waals surface area contributed by atoms with Crippen LogP contribution in [0.4, 0.5) is 0 Å². The van der Waals surface area contributed by atoms with Crippen LogP contribution in [-0.2, 0) is 27.2 Å². The molecular weight excluding hydrogens is 308 g/mol. The third kappa shape index (κ3) is 3.07. The normalized spacial score (nSPS) is 24.9. The molecule has 24 heavy (non-hydrogen) atoms. The van der Waals surface area contributed by atoms with Crippen molar-refractivity contribution >= 4 is 5.91 Å². The fourth-order valence-corrected chi connectivity index (χ4v) is 3.85. The molecule has 4 rings (SSSR count). The Morgan fingerprint density at radius 1 is 1.29 bits per heavy atom. The van der Waals surface area contributed by atoms with Gasteiger partial charge in [-0.05, 0) is 31.6 Å². The Morgan fingerprint density at radius 2 is 2.08 bits per heavy atom. The van der Waals surface area contributed by atoms with Crippen LogP contribution in [0, 0.1) is 11.8 Å². The van der Waals surface area contributed by atoms with Crippen LogP contribution in [0.15, 0.2) is 0 Å². The lowest BCUT2D eigenvalue weighted by molar-refractivity contribution is -0.143. The van der Waals surface area contributed by atoms with Crippen LogP contribution in [0.5, 0.6) is 0 Å². The van der Waals surface area contributed by atoms with Crippen molar-refractivity contribution in [1.29, 1.82) is 0 Å². The fraction of sp³-hybridized carbons (Fsp3) is 0.824. The first kappa shape index (κ1) is 16.0. The lowest BCUT2D eigenvalue weighted by atomic mass is 9.95. The van der Waals surface area contributed by atoms with Gasteiger partial charge in [0, 0.05) is 45.8 Å². The molecule has 0 radical (unpaired) electrons. The lowest BCUT2D eigenvalue weighted by Crippen LogP contribution is -2.46. The molecular formula is C17H26N4O3. The maximum Gasteiger partial charge on any atom is 0.226 e. The summed E-state index contributed by atoms with van der Waals surface area (Å²) < 4.78 is 12.9. The lowest BCUT2D eigenvalue weighted by Gasteiger charge is -2.37. The molecule has 1 amide bonds. The SMILES string of the molecule is COC[C@H]1c2nnn(CC3CC3)c2CCN1C(=O)C1CCOCC1. The molecule has 0 unspecified atom stereocenters. The van der Waals surface area contributed by atoms with Gasteiger partial charge in [0.1, 0.15) is 11.7 Å². The van der Waals surface area contributed by atoms with E-state index in [4.69, 9.17) is 9.47 Å². The number of nitrogens with zero attached hydrogens (tertiary/aromatic N) is 4. The van der Waals surface area contributed by atoms with Gasteiger partial charge in [-0.15, -0.1) is 5.10 Å². The molecule has 1 saturated carbocycles. The fourth-order valence-electron chi connectivity index (χ4n) is 3.85. The summed E-state index contributed by atoms with van der Waals surface area (Å²) in [6.45, 7) is 3.54. The number of aromatic nitrogens is 3. The minimum absolute atomic E-state index is 0.0705. The zero-order valence-corrected chi connectivity index (χ0v) is 14.3. The average molecular weight is 334 g/mol. The highest BCUT2D eigenvalue weighted by atomic mass is 16.5. The molecule has 1 aromatic rings. The van der Waals surface area contributed by atoms with Crippen molar-refractivity contribution in [3.05, 3.63) is 11.4 Å². The number of fused-ring (bicyclic) bond motifs is 1. The zero-order valence-electron chi connectivity index (χ0n) is 14.3. The van der Waals surface area contributed by atoms with Crippen molar-refractivity contribution in [1.82, 2.24) is 19.9 Å². The molecule has 1 saturated heterocycles. The van der Waals surface area contributed by atoms with Crippen LogP contribution in [0.25, 0.3) is 0 Å². The first-order valence-electron chi connectivity index (χ1n) is 9.07. The Morgan fingerprint density at radius 3 is 2.79 bits per heavy atom. The molecule has 3 aliphatic rings. The van der Waals surface area contributed by atoms with Gasteiger partial charge in [0.15, 0.2) is 0 Å². The van der Waals surface area contributed by atoms with Crippen LogP contribution in [0.1, 0.15) is 43.1 Å². The third-order valence-electron chi connectivity index (χ3n) is 5.46. The first-order chi connectivity index (χ1) is 11.8. The largest absolute Gasteiger partial charge is 0.382 e. The third-order valence-corrected chi connectivity index (χ3v) is 5.46. The number of hydrogen-bond donors (Lipinski definition) is 0. The van der Waals surface area contributed by atoms with Crippen molar-refractivity contribution in [2.75, 3.05) is 33.5 Å². The number of carbonyl (C=O) groups excluding carboxylic acids is 1. The standard InChI is InChI=1S/C17H26N4O3/c1-23-11-15-16-14(21(19-18-16)10-12-2-3-12)4-7-20(15)17(22)13-5-8-24-9-6-13/h12-13,15H,2-11H2,1H3/t15-/m0/s1. The summed E-state index contributed by atoms with van der Waals surface area (Å²) in [5.41, 5.74) is 2.13. The number of carbonyl (C=O) groups is 1. The van der Waals surface area contributed by atoms with Crippen molar-refractivity contribution in [2.45, 2.75) is 44.7 Å². The van der Waals surface area contributed by atoms with E-state index >= 15 is 0 Å². The molecule has 1 aliphatic carbocycles. The number of ether oxygens (including phenoxy) is 2. The summed E-state index contributed by atoms with van der Waals surface area (Å²) in [4.78, 5) is 15.0. The topological polar surface area (TPSA) is 69.5 Å². The minimum atomic E-state index is -0.109. The summed E-state index contributed by atoms with van der Waals surface area (Å²) in [5.74, 6) is 1.06. The van der Waals surface area contributed by atoms with Crippen LogP contribution >= 0.6 is 0 Å². The van der Waals surface area contributed by atoms with E-state index in [9.17, 15) is 4.79 Å². The van der Waals surface area contributed by atoms with E-state index in [1.54, 1.807) is 7.11 Å². The van der Waals surface area contributed by atoms with Gasteiger partial charge in [0.2, 0.25) is 5.91 Å². The number of methoxy groups -OCH3 is 1. The van der Waals surface area contributed by atoms with Crippen LogP contribution < -0.4 is 0 Å².